The van der Waals surface area contributed by atoms with Crippen LogP contribution in [0.4, 0.5) is 0 Å². The lowest BCUT2D eigenvalue weighted by Gasteiger charge is -2.22. The number of hydrogen-bond acceptors (Lipinski definition) is 4. The monoisotopic (exact) mass is 530 g/mol. The topological polar surface area (TPSA) is 66.4 Å². The Morgan fingerprint density at radius 2 is 1.97 bits per heavy atom. The van der Waals surface area contributed by atoms with E-state index < -0.39 is 0 Å². The molecule has 0 bridgehead atoms. The Bertz CT molecular complexity index is 683. The fraction of sp³-hybridized carbons (Fsp3) is 0.636. The van der Waals surface area contributed by atoms with Crippen molar-refractivity contribution in [1.82, 2.24) is 15.1 Å². The van der Waals surface area contributed by atoms with E-state index in [1.54, 1.807) is 7.11 Å². The van der Waals surface area contributed by atoms with Crippen LogP contribution in [0.1, 0.15) is 30.4 Å². The van der Waals surface area contributed by atoms with Gasteiger partial charge in [0.25, 0.3) is 0 Å². The third-order valence-corrected chi connectivity index (χ3v) is 5.60. The molecule has 1 aromatic carbocycles. The smallest absolute Gasteiger partial charge is 0.222 e. The Morgan fingerprint density at radius 1 is 1.20 bits per heavy atom. The molecule has 8 heteroatoms. The van der Waals surface area contributed by atoms with Crippen LogP contribution >= 0.6 is 24.0 Å². The van der Waals surface area contributed by atoms with Crippen molar-refractivity contribution in [3.8, 4) is 0 Å². The molecule has 2 heterocycles. The lowest BCUT2D eigenvalue weighted by Crippen LogP contribution is -2.39. The van der Waals surface area contributed by atoms with Crippen LogP contribution in [0.5, 0.6) is 0 Å². The van der Waals surface area contributed by atoms with Crippen molar-refractivity contribution in [2.24, 2.45) is 10.9 Å². The molecule has 0 spiro atoms. The summed E-state index contributed by atoms with van der Waals surface area (Å²) in [6.07, 6.45) is 2.80. The molecule has 2 saturated heterocycles. The van der Waals surface area contributed by atoms with Gasteiger partial charge >= 0.3 is 0 Å². The number of ether oxygens (including phenoxy) is 2. The summed E-state index contributed by atoms with van der Waals surface area (Å²) in [5, 5.41) is 3.47. The SMILES string of the molecule is CN=C(NCc1ccc(CN2CCCC2=O)cc1)N1CCC(COCCOC)C1.I. The molecule has 1 N–H and O–H groups in total. The van der Waals surface area contributed by atoms with Gasteiger partial charge in [-0.25, -0.2) is 0 Å². The minimum absolute atomic E-state index is 0. The zero-order chi connectivity index (χ0) is 20.5. The summed E-state index contributed by atoms with van der Waals surface area (Å²) in [5.74, 6) is 1.75. The lowest BCUT2D eigenvalue weighted by atomic mass is 10.1. The quantitative estimate of drug-likeness (QED) is 0.230. The number of halogens is 1. The van der Waals surface area contributed by atoms with E-state index in [1.165, 1.54) is 11.1 Å². The number of nitrogens with zero attached hydrogens (tertiary/aromatic N) is 3. The number of amides is 1. The van der Waals surface area contributed by atoms with Gasteiger partial charge in [-0.3, -0.25) is 9.79 Å². The first-order valence-corrected chi connectivity index (χ1v) is 10.6. The van der Waals surface area contributed by atoms with Crippen molar-refractivity contribution in [1.29, 1.82) is 0 Å². The van der Waals surface area contributed by atoms with Crippen molar-refractivity contribution in [2.45, 2.75) is 32.4 Å². The molecule has 1 amide bonds. The fourth-order valence-electron chi connectivity index (χ4n) is 3.92. The van der Waals surface area contributed by atoms with Gasteiger partial charge in [0.05, 0.1) is 19.8 Å². The number of rotatable bonds is 9. The molecule has 0 saturated carbocycles. The Kier molecular flexibility index (Phi) is 10.9. The zero-order valence-corrected chi connectivity index (χ0v) is 20.5. The number of guanidine groups is 1. The number of carbonyl (C=O) groups excluding carboxylic acids is 1. The van der Waals surface area contributed by atoms with E-state index in [0.29, 0.717) is 25.6 Å². The minimum atomic E-state index is 0. The van der Waals surface area contributed by atoms with Crippen molar-refractivity contribution in [2.75, 3.05) is 53.6 Å². The van der Waals surface area contributed by atoms with Crippen LogP contribution < -0.4 is 5.32 Å². The fourth-order valence-corrected chi connectivity index (χ4v) is 3.92. The number of benzene rings is 1. The predicted molar refractivity (Wildman–Crippen MR) is 129 cm³/mol. The lowest BCUT2D eigenvalue weighted by molar-refractivity contribution is -0.128. The minimum Gasteiger partial charge on any atom is -0.382 e. The second-order valence-electron chi connectivity index (χ2n) is 7.80. The van der Waals surface area contributed by atoms with Gasteiger partial charge in [-0.2, -0.15) is 0 Å². The number of aliphatic imine (C=N–C) groups is 1. The Hall–Kier alpha value is -1.39. The third kappa shape index (κ3) is 7.39. The summed E-state index contributed by atoms with van der Waals surface area (Å²) in [5.41, 5.74) is 2.39. The molecule has 2 aliphatic rings. The molecule has 30 heavy (non-hydrogen) atoms. The van der Waals surface area contributed by atoms with Crippen LogP contribution in [0.15, 0.2) is 29.3 Å². The predicted octanol–water partition coefficient (Wildman–Crippen LogP) is 2.49. The molecular weight excluding hydrogens is 495 g/mol. The van der Waals surface area contributed by atoms with Crippen molar-refractivity contribution in [3.05, 3.63) is 35.4 Å². The molecule has 2 aliphatic heterocycles. The third-order valence-electron chi connectivity index (χ3n) is 5.60. The van der Waals surface area contributed by atoms with Crippen LogP contribution in [0, 0.1) is 5.92 Å². The van der Waals surface area contributed by atoms with Gasteiger partial charge in [0, 0.05) is 59.2 Å². The van der Waals surface area contributed by atoms with Gasteiger partial charge in [0.2, 0.25) is 5.91 Å². The first kappa shape index (κ1) is 24.9. The maximum atomic E-state index is 11.8. The molecule has 0 radical (unpaired) electrons. The van der Waals surface area contributed by atoms with Crippen LogP contribution in [-0.2, 0) is 27.4 Å². The van der Waals surface area contributed by atoms with E-state index in [2.05, 4.69) is 39.5 Å². The van der Waals surface area contributed by atoms with E-state index >= 15 is 0 Å². The first-order chi connectivity index (χ1) is 14.2. The summed E-state index contributed by atoms with van der Waals surface area (Å²) >= 11 is 0. The maximum Gasteiger partial charge on any atom is 0.222 e. The summed E-state index contributed by atoms with van der Waals surface area (Å²) in [6, 6.07) is 8.50. The highest BCUT2D eigenvalue weighted by atomic mass is 127. The largest absolute Gasteiger partial charge is 0.382 e. The van der Waals surface area contributed by atoms with E-state index in [1.807, 2.05) is 11.9 Å². The number of hydrogen-bond donors (Lipinski definition) is 1. The highest BCUT2D eigenvalue weighted by Crippen LogP contribution is 2.17. The number of nitrogens with one attached hydrogen (secondary N) is 1. The molecule has 1 aromatic rings. The van der Waals surface area contributed by atoms with E-state index in [9.17, 15) is 4.79 Å². The van der Waals surface area contributed by atoms with Crippen molar-refractivity contribution >= 4 is 35.8 Å². The maximum absolute atomic E-state index is 11.8. The number of carbonyl (C=O) groups is 1. The number of methoxy groups -OCH3 is 1. The van der Waals surface area contributed by atoms with Gasteiger partial charge in [-0.1, -0.05) is 24.3 Å². The highest BCUT2D eigenvalue weighted by molar-refractivity contribution is 14.0. The van der Waals surface area contributed by atoms with E-state index in [0.717, 1.165) is 58.1 Å². The summed E-state index contributed by atoms with van der Waals surface area (Å²) in [7, 11) is 3.53. The first-order valence-electron chi connectivity index (χ1n) is 10.6. The van der Waals surface area contributed by atoms with Crippen molar-refractivity contribution < 1.29 is 14.3 Å². The Labute approximate surface area is 197 Å². The molecule has 1 unspecified atom stereocenters. The van der Waals surface area contributed by atoms with Gasteiger partial charge in [0.15, 0.2) is 5.96 Å². The molecule has 1 atom stereocenters. The van der Waals surface area contributed by atoms with Crippen molar-refractivity contribution in [3.63, 3.8) is 0 Å². The van der Waals surface area contributed by atoms with E-state index in [4.69, 9.17) is 9.47 Å². The van der Waals surface area contributed by atoms with Crippen LogP contribution in [-0.4, -0.2) is 75.3 Å². The average Bonchev–Trinajstić information content (AvgIpc) is 3.36. The van der Waals surface area contributed by atoms with Crippen LogP contribution in [0.3, 0.4) is 0 Å². The molecule has 168 valence electrons. The second-order valence-corrected chi connectivity index (χ2v) is 7.80. The molecule has 3 rings (SSSR count). The zero-order valence-electron chi connectivity index (χ0n) is 18.1. The Morgan fingerprint density at radius 3 is 2.63 bits per heavy atom. The summed E-state index contributed by atoms with van der Waals surface area (Å²) in [4.78, 5) is 20.5. The molecule has 7 nitrogen and oxygen atoms in total. The normalized spacial score (nSPS) is 19.3. The average molecular weight is 530 g/mol. The van der Waals surface area contributed by atoms with Gasteiger partial charge in [-0.05, 0) is 24.0 Å². The summed E-state index contributed by atoms with van der Waals surface area (Å²) < 4.78 is 10.7. The Balaban J connectivity index is 0.00000320. The van der Waals surface area contributed by atoms with Crippen LogP contribution in [0.2, 0.25) is 0 Å². The van der Waals surface area contributed by atoms with Gasteiger partial charge in [-0.15, -0.1) is 24.0 Å². The summed E-state index contributed by atoms with van der Waals surface area (Å²) in [6.45, 7) is 6.38. The second kappa shape index (κ2) is 13.1. The molecular formula is C22H35IN4O3. The number of likely N-dealkylation sites (tertiary alicyclic amines) is 2. The highest BCUT2D eigenvalue weighted by Gasteiger charge is 2.25. The van der Waals surface area contributed by atoms with Gasteiger partial charge < -0.3 is 24.6 Å². The van der Waals surface area contributed by atoms with Gasteiger partial charge in [0.1, 0.15) is 0 Å². The van der Waals surface area contributed by atoms with E-state index in [-0.39, 0.29) is 29.9 Å². The molecule has 2 fully saturated rings. The molecule has 0 aliphatic carbocycles. The van der Waals surface area contributed by atoms with Crippen LogP contribution in [0.25, 0.3) is 0 Å². The molecule has 0 aromatic heterocycles. The standard InChI is InChI=1S/C22H34N4O3.HI/c1-23-22(26-11-9-20(16-26)17-29-13-12-28-2)24-14-18-5-7-19(8-6-18)15-25-10-3-4-21(25)27;/h5-8,20H,3-4,9-17H2,1-2H3,(H,23,24);1H.